The molecule has 0 spiro atoms. The predicted molar refractivity (Wildman–Crippen MR) is 50.6 cm³/mol. The zero-order chi connectivity index (χ0) is 10.1. The minimum absolute atomic E-state index is 0.101. The van der Waals surface area contributed by atoms with E-state index < -0.39 is 0 Å². The molecule has 1 fully saturated rings. The number of likely N-dealkylation sites (tertiary alicyclic amines) is 1. The molecule has 76 valence electrons. The van der Waals surface area contributed by atoms with E-state index in [4.69, 9.17) is 0 Å². The molecule has 1 saturated heterocycles. The fourth-order valence-electron chi connectivity index (χ4n) is 1.82. The summed E-state index contributed by atoms with van der Waals surface area (Å²) < 4.78 is 0. The lowest BCUT2D eigenvalue weighted by Crippen LogP contribution is -2.23. The molecule has 1 aromatic heterocycles. The average molecular weight is 194 g/mol. The van der Waals surface area contributed by atoms with Crippen molar-refractivity contribution in [1.82, 2.24) is 20.3 Å². The molecule has 0 radical (unpaired) electrons. The number of aromatic nitrogens is 3. The Morgan fingerprint density at radius 1 is 1.57 bits per heavy atom. The number of hydrogen-bond donors (Lipinski definition) is 1. The van der Waals surface area contributed by atoms with Crippen molar-refractivity contribution in [3.05, 3.63) is 11.4 Å². The molecule has 0 aromatic carbocycles. The molecule has 1 atom stereocenters. The molecule has 0 aliphatic carbocycles. The van der Waals surface area contributed by atoms with E-state index in [1.54, 1.807) is 4.90 Å². The number of nitrogens with zero attached hydrogens (tertiary/aromatic N) is 3. The number of rotatable bonds is 2. The lowest BCUT2D eigenvalue weighted by Gasteiger charge is -2.08. The summed E-state index contributed by atoms with van der Waals surface area (Å²) in [6.45, 7) is 2.77. The number of H-pyrrole nitrogens is 1. The van der Waals surface area contributed by atoms with Crippen LogP contribution < -0.4 is 0 Å². The second-order valence-electron chi connectivity index (χ2n) is 3.81. The Labute approximate surface area is 82.5 Å². The van der Waals surface area contributed by atoms with Gasteiger partial charge in [0.1, 0.15) is 0 Å². The number of carbonyl (C=O) groups excluding carboxylic acids is 1. The first-order valence-corrected chi connectivity index (χ1v) is 4.79. The molecular weight excluding hydrogens is 180 g/mol. The smallest absolute Gasteiger partial charge is 0.225 e. The summed E-state index contributed by atoms with van der Waals surface area (Å²) in [5.41, 5.74) is 1.81. The summed E-state index contributed by atoms with van der Waals surface area (Å²) in [6.07, 6.45) is 1.65. The van der Waals surface area contributed by atoms with Gasteiger partial charge >= 0.3 is 0 Å². The summed E-state index contributed by atoms with van der Waals surface area (Å²) in [7, 11) is 1.85. The van der Waals surface area contributed by atoms with Gasteiger partial charge in [-0.1, -0.05) is 0 Å². The van der Waals surface area contributed by atoms with Crippen molar-refractivity contribution in [2.24, 2.45) is 5.92 Å². The number of amides is 1. The van der Waals surface area contributed by atoms with E-state index in [0.29, 0.717) is 6.42 Å². The van der Waals surface area contributed by atoms with Crippen molar-refractivity contribution in [2.45, 2.75) is 19.8 Å². The maximum Gasteiger partial charge on any atom is 0.225 e. The summed E-state index contributed by atoms with van der Waals surface area (Å²) in [4.78, 5) is 13.4. The lowest BCUT2D eigenvalue weighted by atomic mass is 10.0. The molecule has 14 heavy (non-hydrogen) atoms. The number of carbonyl (C=O) groups is 1. The first-order valence-electron chi connectivity index (χ1n) is 4.79. The molecule has 5 nitrogen and oxygen atoms in total. The van der Waals surface area contributed by atoms with Gasteiger partial charge in [-0.3, -0.25) is 4.79 Å². The lowest BCUT2D eigenvalue weighted by molar-refractivity contribution is -0.129. The normalized spacial score (nSPS) is 22.0. The van der Waals surface area contributed by atoms with Crippen LogP contribution in [0.15, 0.2) is 0 Å². The molecular formula is C9H14N4O. The van der Waals surface area contributed by atoms with Crippen LogP contribution in [0.5, 0.6) is 0 Å². The number of aromatic amines is 1. The highest BCUT2D eigenvalue weighted by molar-refractivity contribution is 5.80. The van der Waals surface area contributed by atoms with Crippen molar-refractivity contribution in [2.75, 3.05) is 13.6 Å². The summed E-state index contributed by atoms with van der Waals surface area (Å²) in [6, 6.07) is 0. The van der Waals surface area contributed by atoms with Crippen LogP contribution in [-0.4, -0.2) is 39.8 Å². The topological polar surface area (TPSA) is 61.9 Å². The zero-order valence-electron chi connectivity index (χ0n) is 8.45. The van der Waals surface area contributed by atoms with E-state index in [1.807, 2.05) is 14.0 Å². The zero-order valence-corrected chi connectivity index (χ0v) is 8.45. The standard InChI is InChI=1S/C9H14N4O/c1-6-8(11-12-10-6)5-7-3-4-13(2)9(7)14/h7H,3-5H2,1-2H3,(H,10,11,12). The third kappa shape index (κ3) is 1.49. The van der Waals surface area contributed by atoms with Crippen LogP contribution in [0.1, 0.15) is 17.8 Å². The van der Waals surface area contributed by atoms with Gasteiger partial charge in [-0.2, -0.15) is 15.4 Å². The Bertz CT molecular complexity index is 346. The van der Waals surface area contributed by atoms with Crippen LogP contribution in [0.4, 0.5) is 0 Å². The van der Waals surface area contributed by atoms with Gasteiger partial charge in [0.05, 0.1) is 11.4 Å². The van der Waals surface area contributed by atoms with Crippen molar-refractivity contribution in [3.8, 4) is 0 Å². The van der Waals surface area contributed by atoms with Crippen molar-refractivity contribution < 1.29 is 4.79 Å². The van der Waals surface area contributed by atoms with Crippen LogP contribution in [0, 0.1) is 12.8 Å². The molecule has 2 heterocycles. The maximum atomic E-state index is 11.6. The van der Waals surface area contributed by atoms with E-state index in [1.165, 1.54) is 0 Å². The molecule has 1 amide bonds. The first-order chi connectivity index (χ1) is 6.68. The fourth-order valence-corrected chi connectivity index (χ4v) is 1.82. The van der Waals surface area contributed by atoms with Gasteiger partial charge in [-0.05, 0) is 13.3 Å². The van der Waals surface area contributed by atoms with Gasteiger partial charge in [0.15, 0.2) is 0 Å². The molecule has 1 unspecified atom stereocenters. The predicted octanol–water partition coefficient (Wildman–Crippen LogP) is 0.134. The van der Waals surface area contributed by atoms with E-state index >= 15 is 0 Å². The largest absolute Gasteiger partial charge is 0.345 e. The van der Waals surface area contributed by atoms with Crippen LogP contribution in [0.3, 0.4) is 0 Å². The highest BCUT2D eigenvalue weighted by Crippen LogP contribution is 2.20. The van der Waals surface area contributed by atoms with Crippen molar-refractivity contribution in [3.63, 3.8) is 0 Å². The average Bonchev–Trinajstić information content (AvgIpc) is 2.68. The third-order valence-corrected chi connectivity index (χ3v) is 2.80. The SMILES string of the molecule is Cc1n[nH]nc1CC1CCN(C)C1=O. The Morgan fingerprint density at radius 2 is 2.36 bits per heavy atom. The van der Waals surface area contributed by atoms with E-state index in [-0.39, 0.29) is 11.8 Å². The Morgan fingerprint density at radius 3 is 2.86 bits per heavy atom. The molecule has 1 N–H and O–H groups in total. The van der Waals surface area contributed by atoms with E-state index in [9.17, 15) is 4.79 Å². The molecule has 0 bridgehead atoms. The molecule has 1 aliphatic rings. The second-order valence-corrected chi connectivity index (χ2v) is 3.81. The second kappa shape index (κ2) is 3.40. The van der Waals surface area contributed by atoms with Gasteiger partial charge < -0.3 is 4.90 Å². The van der Waals surface area contributed by atoms with Gasteiger partial charge in [0.2, 0.25) is 5.91 Å². The first kappa shape index (κ1) is 9.18. The highest BCUT2D eigenvalue weighted by Gasteiger charge is 2.29. The van der Waals surface area contributed by atoms with Gasteiger partial charge in [-0.15, -0.1) is 0 Å². The van der Waals surface area contributed by atoms with E-state index in [0.717, 1.165) is 24.4 Å². The fraction of sp³-hybridized carbons (Fsp3) is 0.667. The molecule has 2 rings (SSSR count). The van der Waals surface area contributed by atoms with Gasteiger partial charge in [0, 0.05) is 25.9 Å². The number of aryl methyl sites for hydroxylation is 1. The van der Waals surface area contributed by atoms with Crippen LogP contribution in [0.2, 0.25) is 0 Å². The monoisotopic (exact) mass is 194 g/mol. The van der Waals surface area contributed by atoms with E-state index in [2.05, 4.69) is 15.4 Å². The molecule has 1 aliphatic heterocycles. The Balaban J connectivity index is 2.06. The molecule has 0 saturated carbocycles. The summed E-state index contributed by atoms with van der Waals surface area (Å²) >= 11 is 0. The summed E-state index contributed by atoms with van der Waals surface area (Å²) in [5, 5.41) is 10.5. The van der Waals surface area contributed by atoms with Crippen LogP contribution in [-0.2, 0) is 11.2 Å². The Kier molecular flexibility index (Phi) is 2.23. The minimum atomic E-state index is 0.101. The Hall–Kier alpha value is -1.39. The quantitative estimate of drug-likeness (QED) is 0.728. The highest BCUT2D eigenvalue weighted by atomic mass is 16.2. The van der Waals surface area contributed by atoms with Gasteiger partial charge in [0.25, 0.3) is 0 Å². The third-order valence-electron chi connectivity index (χ3n) is 2.80. The van der Waals surface area contributed by atoms with Crippen LogP contribution >= 0.6 is 0 Å². The summed E-state index contributed by atoms with van der Waals surface area (Å²) in [5.74, 6) is 0.330. The van der Waals surface area contributed by atoms with Crippen LogP contribution in [0.25, 0.3) is 0 Å². The van der Waals surface area contributed by atoms with Gasteiger partial charge in [-0.25, -0.2) is 0 Å². The number of hydrogen-bond acceptors (Lipinski definition) is 3. The molecule has 5 heteroatoms. The van der Waals surface area contributed by atoms with Crippen molar-refractivity contribution in [1.29, 1.82) is 0 Å². The maximum absolute atomic E-state index is 11.6. The number of nitrogens with one attached hydrogen (secondary N) is 1. The minimum Gasteiger partial charge on any atom is -0.345 e. The molecule has 1 aromatic rings. The van der Waals surface area contributed by atoms with Crippen molar-refractivity contribution >= 4 is 5.91 Å².